The lowest BCUT2D eigenvalue weighted by Crippen LogP contribution is -2.34. The van der Waals surface area contributed by atoms with E-state index in [0.717, 1.165) is 0 Å². The molecule has 106 valence electrons. The zero-order chi connectivity index (χ0) is 14.8. The number of benzene rings is 1. The molecule has 1 fully saturated rings. The first-order chi connectivity index (χ1) is 9.37. The van der Waals surface area contributed by atoms with Crippen LogP contribution in [0.4, 0.5) is 0 Å². The van der Waals surface area contributed by atoms with Crippen molar-refractivity contribution < 1.29 is 18.3 Å². The standard InChI is InChI=1S/C13H14N2O4S/c14-7-10-1-3-11(4-2-10)8-20(18,19)15-9-13(5-6-13)12(16)17/h1-4,15H,5-6,8-9H2,(H,16,17). The fraction of sp³-hybridized carbons (Fsp3) is 0.385. The average molecular weight is 294 g/mol. The van der Waals surface area contributed by atoms with E-state index in [1.54, 1.807) is 24.3 Å². The van der Waals surface area contributed by atoms with Crippen LogP contribution in [0.5, 0.6) is 0 Å². The minimum absolute atomic E-state index is 0.0685. The minimum atomic E-state index is -3.58. The number of nitrogens with one attached hydrogen (secondary N) is 1. The van der Waals surface area contributed by atoms with E-state index in [2.05, 4.69) is 4.72 Å². The highest BCUT2D eigenvalue weighted by molar-refractivity contribution is 7.88. The molecule has 1 aliphatic rings. The van der Waals surface area contributed by atoms with Gasteiger partial charge in [0.15, 0.2) is 0 Å². The molecule has 0 unspecified atom stereocenters. The largest absolute Gasteiger partial charge is 0.481 e. The van der Waals surface area contributed by atoms with E-state index in [0.29, 0.717) is 24.0 Å². The van der Waals surface area contributed by atoms with Crippen molar-refractivity contribution in [1.82, 2.24) is 4.72 Å². The van der Waals surface area contributed by atoms with Gasteiger partial charge < -0.3 is 5.11 Å². The zero-order valence-electron chi connectivity index (χ0n) is 10.7. The van der Waals surface area contributed by atoms with Crippen molar-refractivity contribution in [1.29, 1.82) is 5.26 Å². The minimum Gasteiger partial charge on any atom is -0.481 e. The quantitative estimate of drug-likeness (QED) is 0.808. The summed E-state index contributed by atoms with van der Waals surface area (Å²) in [4.78, 5) is 11.0. The second kappa shape index (κ2) is 5.23. The van der Waals surface area contributed by atoms with Crippen molar-refractivity contribution in [2.45, 2.75) is 18.6 Å². The first kappa shape index (κ1) is 14.5. The molecule has 0 bridgehead atoms. The average Bonchev–Trinajstić information content (AvgIpc) is 3.18. The Morgan fingerprint density at radius 2 is 1.95 bits per heavy atom. The summed E-state index contributed by atoms with van der Waals surface area (Å²) in [6, 6.07) is 8.19. The SMILES string of the molecule is N#Cc1ccc(CS(=O)(=O)NCC2(C(=O)O)CC2)cc1. The highest BCUT2D eigenvalue weighted by Crippen LogP contribution is 2.45. The van der Waals surface area contributed by atoms with Crippen molar-refractivity contribution >= 4 is 16.0 Å². The van der Waals surface area contributed by atoms with Gasteiger partial charge in [-0.1, -0.05) is 12.1 Å². The molecule has 1 aliphatic carbocycles. The Labute approximate surface area is 117 Å². The lowest BCUT2D eigenvalue weighted by molar-refractivity contribution is -0.143. The predicted molar refractivity (Wildman–Crippen MR) is 71.1 cm³/mol. The number of rotatable bonds is 6. The molecule has 2 N–H and O–H groups in total. The summed E-state index contributed by atoms with van der Waals surface area (Å²) in [6.45, 7) is -0.0685. The fourth-order valence-corrected chi connectivity index (χ4v) is 3.04. The third-order valence-electron chi connectivity index (χ3n) is 3.38. The van der Waals surface area contributed by atoms with E-state index in [-0.39, 0.29) is 12.3 Å². The van der Waals surface area contributed by atoms with E-state index in [9.17, 15) is 13.2 Å². The van der Waals surface area contributed by atoms with Crippen LogP contribution in [0.25, 0.3) is 0 Å². The lowest BCUT2D eigenvalue weighted by atomic mass is 10.1. The number of sulfonamides is 1. The summed E-state index contributed by atoms with van der Waals surface area (Å²) in [5, 5.41) is 17.6. The lowest BCUT2D eigenvalue weighted by Gasteiger charge is -2.11. The smallest absolute Gasteiger partial charge is 0.310 e. The van der Waals surface area contributed by atoms with Crippen LogP contribution >= 0.6 is 0 Å². The van der Waals surface area contributed by atoms with Gasteiger partial charge in [0.1, 0.15) is 0 Å². The van der Waals surface area contributed by atoms with E-state index >= 15 is 0 Å². The van der Waals surface area contributed by atoms with E-state index in [4.69, 9.17) is 10.4 Å². The number of carbonyl (C=O) groups is 1. The van der Waals surface area contributed by atoms with Gasteiger partial charge >= 0.3 is 5.97 Å². The highest BCUT2D eigenvalue weighted by Gasteiger charge is 2.50. The molecule has 20 heavy (non-hydrogen) atoms. The molecule has 1 aromatic rings. The molecule has 0 radical (unpaired) electrons. The number of nitriles is 1. The zero-order valence-corrected chi connectivity index (χ0v) is 11.5. The van der Waals surface area contributed by atoms with Crippen molar-refractivity contribution in [3.05, 3.63) is 35.4 Å². The molecule has 7 heteroatoms. The topological polar surface area (TPSA) is 107 Å². The molecule has 0 saturated heterocycles. The summed E-state index contributed by atoms with van der Waals surface area (Å²) in [7, 11) is -3.58. The molecule has 2 rings (SSSR count). The van der Waals surface area contributed by atoms with Crippen molar-refractivity contribution in [2.24, 2.45) is 5.41 Å². The number of aliphatic carboxylic acids is 1. The Balaban J connectivity index is 1.97. The van der Waals surface area contributed by atoms with E-state index in [1.165, 1.54) is 0 Å². The van der Waals surface area contributed by atoms with Gasteiger partial charge in [0.05, 0.1) is 22.8 Å². The molecule has 1 saturated carbocycles. The van der Waals surface area contributed by atoms with Gasteiger partial charge in [0.2, 0.25) is 10.0 Å². The second-order valence-corrected chi connectivity index (χ2v) is 6.78. The first-order valence-electron chi connectivity index (χ1n) is 6.07. The van der Waals surface area contributed by atoms with Crippen LogP contribution in [0.2, 0.25) is 0 Å². The molecule has 6 nitrogen and oxygen atoms in total. The van der Waals surface area contributed by atoms with Gasteiger partial charge in [-0.3, -0.25) is 4.79 Å². The van der Waals surface area contributed by atoms with Crippen LogP contribution in [-0.2, 0) is 20.6 Å². The number of carboxylic acids is 1. The monoisotopic (exact) mass is 294 g/mol. The molecule has 0 atom stereocenters. The van der Waals surface area contributed by atoms with E-state index < -0.39 is 21.4 Å². The van der Waals surface area contributed by atoms with Gasteiger partial charge in [-0.05, 0) is 30.5 Å². The maximum absolute atomic E-state index is 11.9. The number of hydrogen-bond acceptors (Lipinski definition) is 4. The molecular formula is C13H14N2O4S. The number of nitrogens with zero attached hydrogens (tertiary/aromatic N) is 1. The third-order valence-corrected chi connectivity index (χ3v) is 4.67. The van der Waals surface area contributed by atoms with Crippen molar-refractivity contribution in [3.8, 4) is 6.07 Å². The van der Waals surface area contributed by atoms with Crippen LogP contribution in [0.3, 0.4) is 0 Å². The summed E-state index contributed by atoms with van der Waals surface area (Å²) < 4.78 is 26.1. The molecule has 0 aliphatic heterocycles. The Morgan fingerprint density at radius 1 is 1.35 bits per heavy atom. The van der Waals surface area contributed by atoms with Gasteiger partial charge in [-0.2, -0.15) is 5.26 Å². The first-order valence-corrected chi connectivity index (χ1v) is 7.72. The number of hydrogen-bond donors (Lipinski definition) is 2. The predicted octanol–water partition coefficient (Wildman–Crippen LogP) is 0.842. The van der Waals surface area contributed by atoms with Gasteiger partial charge in [0.25, 0.3) is 0 Å². The van der Waals surface area contributed by atoms with Crippen LogP contribution in [0, 0.1) is 16.7 Å². The van der Waals surface area contributed by atoms with Crippen molar-refractivity contribution in [2.75, 3.05) is 6.54 Å². The van der Waals surface area contributed by atoms with Crippen molar-refractivity contribution in [3.63, 3.8) is 0 Å². The molecule has 0 spiro atoms. The van der Waals surface area contributed by atoms with Gasteiger partial charge in [-0.15, -0.1) is 0 Å². The second-order valence-electron chi connectivity index (χ2n) is 4.97. The summed E-state index contributed by atoms with van der Waals surface area (Å²) in [5.74, 6) is -1.19. The van der Waals surface area contributed by atoms with Crippen LogP contribution in [0.1, 0.15) is 24.0 Å². The Bertz CT molecular complexity index is 655. The summed E-state index contributed by atoms with van der Waals surface area (Å²) in [5.41, 5.74) is 0.0937. The molecular weight excluding hydrogens is 280 g/mol. The van der Waals surface area contributed by atoms with Crippen LogP contribution in [-0.4, -0.2) is 26.0 Å². The van der Waals surface area contributed by atoms with Crippen LogP contribution < -0.4 is 4.72 Å². The fourth-order valence-electron chi connectivity index (χ4n) is 1.81. The Kier molecular flexibility index (Phi) is 3.79. The maximum Gasteiger partial charge on any atom is 0.310 e. The number of carboxylic acid groups (broad SMARTS) is 1. The van der Waals surface area contributed by atoms with E-state index in [1.807, 2.05) is 6.07 Å². The Hall–Kier alpha value is -1.91. The highest BCUT2D eigenvalue weighted by atomic mass is 32.2. The molecule has 1 aromatic carbocycles. The molecule has 0 amide bonds. The molecule has 0 aromatic heterocycles. The summed E-state index contributed by atoms with van der Waals surface area (Å²) >= 11 is 0. The molecule has 0 heterocycles. The van der Waals surface area contributed by atoms with Crippen LogP contribution in [0.15, 0.2) is 24.3 Å². The van der Waals surface area contributed by atoms with Gasteiger partial charge in [0, 0.05) is 6.54 Å². The Morgan fingerprint density at radius 3 is 2.40 bits per heavy atom. The third kappa shape index (κ3) is 3.35. The normalized spacial score (nSPS) is 16.4. The van der Waals surface area contributed by atoms with Gasteiger partial charge in [-0.25, -0.2) is 13.1 Å². The summed E-state index contributed by atoms with van der Waals surface area (Å²) in [6.07, 6.45) is 1.00. The maximum atomic E-state index is 11.9.